The number of rotatable bonds is 4. The minimum Gasteiger partial charge on any atom is -0.348 e. The molecule has 0 aromatic carbocycles. The molecule has 5 heteroatoms. The third-order valence-electron chi connectivity index (χ3n) is 2.18. The SMILES string of the molecule is NCc1cncn1CCc1cnc[nH]1. The number of aryl methyl sites for hydroxylation is 2. The Hall–Kier alpha value is -1.62. The molecule has 0 atom stereocenters. The summed E-state index contributed by atoms with van der Waals surface area (Å²) in [7, 11) is 0. The Kier molecular flexibility index (Phi) is 2.60. The van der Waals surface area contributed by atoms with E-state index < -0.39 is 0 Å². The maximum absolute atomic E-state index is 5.56. The summed E-state index contributed by atoms with van der Waals surface area (Å²) < 4.78 is 2.06. The Morgan fingerprint density at radius 2 is 2.29 bits per heavy atom. The normalized spacial score (nSPS) is 10.6. The van der Waals surface area contributed by atoms with Gasteiger partial charge in [-0.05, 0) is 0 Å². The van der Waals surface area contributed by atoms with Gasteiger partial charge in [-0.2, -0.15) is 0 Å². The lowest BCUT2D eigenvalue weighted by molar-refractivity contribution is 0.654. The molecule has 0 saturated heterocycles. The average molecular weight is 191 g/mol. The molecule has 74 valence electrons. The Morgan fingerprint density at radius 3 is 3.00 bits per heavy atom. The first kappa shape index (κ1) is 8.96. The lowest BCUT2D eigenvalue weighted by atomic mass is 10.3. The summed E-state index contributed by atoms with van der Waals surface area (Å²) in [6.45, 7) is 1.41. The van der Waals surface area contributed by atoms with Gasteiger partial charge in [0.1, 0.15) is 0 Å². The highest BCUT2D eigenvalue weighted by Gasteiger charge is 2.00. The molecule has 3 N–H and O–H groups in total. The van der Waals surface area contributed by atoms with Crippen molar-refractivity contribution in [2.75, 3.05) is 0 Å². The molecule has 0 fully saturated rings. The first-order valence-corrected chi connectivity index (χ1v) is 4.56. The van der Waals surface area contributed by atoms with Crippen molar-refractivity contribution in [1.29, 1.82) is 0 Å². The lowest BCUT2D eigenvalue weighted by Gasteiger charge is -2.04. The maximum atomic E-state index is 5.56. The summed E-state index contributed by atoms with van der Waals surface area (Å²) in [5.74, 6) is 0. The number of nitrogens with two attached hydrogens (primary N) is 1. The quantitative estimate of drug-likeness (QED) is 0.730. The summed E-state index contributed by atoms with van der Waals surface area (Å²) in [5.41, 5.74) is 7.75. The van der Waals surface area contributed by atoms with Crippen LogP contribution in [-0.4, -0.2) is 19.5 Å². The number of imidazole rings is 2. The number of nitrogens with zero attached hydrogens (tertiary/aromatic N) is 3. The number of hydrogen-bond acceptors (Lipinski definition) is 3. The van der Waals surface area contributed by atoms with Crippen molar-refractivity contribution in [1.82, 2.24) is 19.5 Å². The molecule has 0 bridgehead atoms. The van der Waals surface area contributed by atoms with Crippen LogP contribution in [0.25, 0.3) is 0 Å². The number of hydrogen-bond donors (Lipinski definition) is 2. The molecule has 2 heterocycles. The first-order valence-electron chi connectivity index (χ1n) is 4.56. The zero-order valence-electron chi connectivity index (χ0n) is 7.85. The molecule has 2 aromatic heterocycles. The Labute approximate surface area is 82.0 Å². The van der Waals surface area contributed by atoms with Crippen LogP contribution in [0.15, 0.2) is 25.0 Å². The van der Waals surface area contributed by atoms with Crippen LogP contribution < -0.4 is 5.73 Å². The van der Waals surface area contributed by atoms with Crippen molar-refractivity contribution in [2.45, 2.75) is 19.5 Å². The molecule has 2 rings (SSSR count). The minimum absolute atomic E-state index is 0.531. The summed E-state index contributed by atoms with van der Waals surface area (Å²) in [6.07, 6.45) is 8.04. The molecule has 0 aliphatic carbocycles. The van der Waals surface area contributed by atoms with Gasteiger partial charge in [0.05, 0.1) is 18.3 Å². The third kappa shape index (κ3) is 1.82. The van der Waals surface area contributed by atoms with Gasteiger partial charge in [0.25, 0.3) is 0 Å². The highest BCUT2D eigenvalue weighted by molar-refractivity contribution is 4.99. The molecule has 14 heavy (non-hydrogen) atoms. The first-order chi connectivity index (χ1) is 6.90. The van der Waals surface area contributed by atoms with Crippen molar-refractivity contribution in [3.8, 4) is 0 Å². The Morgan fingerprint density at radius 1 is 1.36 bits per heavy atom. The number of H-pyrrole nitrogens is 1. The molecular formula is C9H13N5. The van der Waals surface area contributed by atoms with Crippen LogP contribution >= 0.6 is 0 Å². The molecule has 0 radical (unpaired) electrons. The molecule has 0 aliphatic heterocycles. The highest BCUT2D eigenvalue weighted by atomic mass is 15.1. The topological polar surface area (TPSA) is 72.5 Å². The second kappa shape index (κ2) is 4.06. The van der Waals surface area contributed by atoms with Gasteiger partial charge in [-0.15, -0.1) is 0 Å². The second-order valence-electron chi connectivity index (χ2n) is 3.11. The predicted octanol–water partition coefficient (Wildman–Crippen LogP) is 0.308. The van der Waals surface area contributed by atoms with Crippen molar-refractivity contribution in [2.24, 2.45) is 5.73 Å². The van der Waals surface area contributed by atoms with Gasteiger partial charge in [0.2, 0.25) is 0 Å². The van der Waals surface area contributed by atoms with Crippen molar-refractivity contribution in [3.05, 3.63) is 36.4 Å². The smallest absolute Gasteiger partial charge is 0.0948 e. The van der Waals surface area contributed by atoms with E-state index in [2.05, 4.69) is 19.5 Å². The van der Waals surface area contributed by atoms with Crippen LogP contribution in [0.1, 0.15) is 11.4 Å². The molecule has 0 unspecified atom stereocenters. The van der Waals surface area contributed by atoms with Gasteiger partial charge in [-0.1, -0.05) is 0 Å². The van der Waals surface area contributed by atoms with E-state index in [4.69, 9.17) is 5.73 Å². The minimum atomic E-state index is 0.531. The van der Waals surface area contributed by atoms with E-state index in [9.17, 15) is 0 Å². The third-order valence-corrected chi connectivity index (χ3v) is 2.18. The van der Waals surface area contributed by atoms with E-state index in [1.807, 2.05) is 6.20 Å². The standard InChI is InChI=1S/C9H13N5/c10-3-9-5-12-7-14(9)2-1-8-4-11-6-13-8/h4-7H,1-3,10H2,(H,11,13). The highest BCUT2D eigenvalue weighted by Crippen LogP contribution is 2.01. The average Bonchev–Trinajstić information content (AvgIpc) is 2.85. The van der Waals surface area contributed by atoms with E-state index in [0.29, 0.717) is 6.54 Å². The fourth-order valence-electron chi connectivity index (χ4n) is 1.38. The van der Waals surface area contributed by atoms with E-state index in [0.717, 1.165) is 24.4 Å². The molecule has 0 spiro atoms. The summed E-state index contributed by atoms with van der Waals surface area (Å²) in [4.78, 5) is 11.1. The maximum Gasteiger partial charge on any atom is 0.0948 e. The second-order valence-corrected chi connectivity index (χ2v) is 3.11. The Balaban J connectivity index is 1.98. The van der Waals surface area contributed by atoms with Crippen molar-refractivity contribution >= 4 is 0 Å². The molecule has 5 nitrogen and oxygen atoms in total. The van der Waals surface area contributed by atoms with Crippen LogP contribution in [-0.2, 0) is 19.5 Å². The van der Waals surface area contributed by atoms with E-state index in [-0.39, 0.29) is 0 Å². The van der Waals surface area contributed by atoms with Gasteiger partial charge in [-0.3, -0.25) is 0 Å². The van der Waals surface area contributed by atoms with Gasteiger partial charge in [0, 0.05) is 37.6 Å². The van der Waals surface area contributed by atoms with Gasteiger partial charge < -0.3 is 15.3 Å². The molecular weight excluding hydrogens is 178 g/mol. The molecule has 2 aromatic rings. The van der Waals surface area contributed by atoms with Gasteiger partial charge >= 0.3 is 0 Å². The fraction of sp³-hybridized carbons (Fsp3) is 0.333. The zero-order valence-corrected chi connectivity index (χ0v) is 7.85. The van der Waals surface area contributed by atoms with Crippen molar-refractivity contribution < 1.29 is 0 Å². The number of aromatic amines is 1. The van der Waals surface area contributed by atoms with Crippen LogP contribution in [0.5, 0.6) is 0 Å². The zero-order chi connectivity index (χ0) is 9.80. The van der Waals surface area contributed by atoms with Crippen LogP contribution in [0, 0.1) is 0 Å². The molecule has 0 saturated carbocycles. The molecule has 0 amide bonds. The summed E-state index contributed by atoms with van der Waals surface area (Å²) >= 11 is 0. The summed E-state index contributed by atoms with van der Waals surface area (Å²) in [6, 6.07) is 0. The monoisotopic (exact) mass is 191 g/mol. The summed E-state index contributed by atoms with van der Waals surface area (Å²) in [5, 5.41) is 0. The van der Waals surface area contributed by atoms with Crippen LogP contribution in [0.4, 0.5) is 0 Å². The fourth-order valence-corrected chi connectivity index (χ4v) is 1.38. The van der Waals surface area contributed by atoms with Crippen LogP contribution in [0.2, 0.25) is 0 Å². The van der Waals surface area contributed by atoms with Crippen molar-refractivity contribution in [3.63, 3.8) is 0 Å². The number of aromatic nitrogens is 4. The van der Waals surface area contributed by atoms with E-state index >= 15 is 0 Å². The van der Waals surface area contributed by atoms with E-state index in [1.165, 1.54) is 0 Å². The molecule has 0 aliphatic rings. The largest absolute Gasteiger partial charge is 0.348 e. The van der Waals surface area contributed by atoms with Crippen LogP contribution in [0.3, 0.4) is 0 Å². The Bertz CT molecular complexity index is 376. The van der Waals surface area contributed by atoms with Gasteiger partial charge in [0.15, 0.2) is 0 Å². The van der Waals surface area contributed by atoms with Gasteiger partial charge in [-0.25, -0.2) is 9.97 Å². The van der Waals surface area contributed by atoms with E-state index in [1.54, 1.807) is 18.9 Å². The number of nitrogens with one attached hydrogen (secondary N) is 1. The lowest BCUT2D eigenvalue weighted by Crippen LogP contribution is -2.08. The predicted molar refractivity (Wildman–Crippen MR) is 52.4 cm³/mol.